The number of anilines is 2. The van der Waals surface area contributed by atoms with Gasteiger partial charge in [0.1, 0.15) is 11.5 Å². The van der Waals surface area contributed by atoms with Crippen LogP contribution in [0.5, 0.6) is 11.5 Å². The number of fused-ring (bicyclic) bond motifs is 6. The Morgan fingerprint density at radius 2 is 1.05 bits per heavy atom. The highest BCUT2D eigenvalue weighted by Crippen LogP contribution is 2.50. The largest absolute Gasteiger partial charge is 0.490 e. The molecule has 2 heterocycles. The molecule has 18 heteroatoms. The van der Waals surface area contributed by atoms with Gasteiger partial charge in [0.15, 0.2) is 11.2 Å². The van der Waals surface area contributed by atoms with Gasteiger partial charge in [-0.2, -0.15) is 0 Å². The number of aryl methyl sites for hydroxylation is 2. The van der Waals surface area contributed by atoms with Gasteiger partial charge in [0.2, 0.25) is 11.8 Å². The predicted octanol–water partition coefficient (Wildman–Crippen LogP) is 9.66. The number of aliphatic hydroxyl groups excluding tert-OH is 2. The molecule has 10 rings (SSSR count). The molecule has 2 saturated carbocycles. The van der Waals surface area contributed by atoms with E-state index in [0.29, 0.717) is 86.9 Å². The van der Waals surface area contributed by atoms with Crippen LogP contribution in [0.2, 0.25) is 10.0 Å². The van der Waals surface area contributed by atoms with E-state index in [2.05, 4.69) is 71.0 Å². The van der Waals surface area contributed by atoms with Crippen LogP contribution in [0.25, 0.3) is 0 Å². The number of benzene rings is 4. The Labute approximate surface area is 527 Å². The highest BCUT2D eigenvalue weighted by molar-refractivity contribution is 6.31. The van der Waals surface area contributed by atoms with Gasteiger partial charge in [0.05, 0.1) is 63.9 Å². The first-order valence-corrected chi connectivity index (χ1v) is 31.6. The van der Waals surface area contributed by atoms with Crippen LogP contribution in [-0.2, 0) is 63.5 Å². The van der Waals surface area contributed by atoms with Gasteiger partial charge >= 0.3 is 11.9 Å². The number of hydrogen-bond donors (Lipinski definition) is 6. The molecule has 6 N–H and O–H groups in total. The van der Waals surface area contributed by atoms with E-state index in [0.717, 1.165) is 75.6 Å². The summed E-state index contributed by atoms with van der Waals surface area (Å²) in [6, 6.07) is 22.5. The van der Waals surface area contributed by atoms with E-state index in [-0.39, 0.29) is 45.6 Å². The van der Waals surface area contributed by atoms with Gasteiger partial charge in [0, 0.05) is 60.1 Å². The number of hydrogen-bond acceptors (Lipinski definition) is 14. The molecule has 4 aliphatic carbocycles. The summed E-state index contributed by atoms with van der Waals surface area (Å²) in [7, 11) is 2.39. The van der Waals surface area contributed by atoms with Crippen LogP contribution in [-0.4, -0.2) is 123 Å². The van der Waals surface area contributed by atoms with Crippen LogP contribution in [0, 0.1) is 23.7 Å². The molecule has 2 aliphatic heterocycles. The lowest BCUT2D eigenvalue weighted by Crippen LogP contribution is -2.49. The second kappa shape index (κ2) is 28.4. The number of methoxy groups -OCH3 is 2. The number of nitrogens with zero attached hydrogens (tertiary/aromatic N) is 2. The van der Waals surface area contributed by atoms with Gasteiger partial charge in [-0.3, -0.25) is 9.59 Å². The number of halogens is 2. The van der Waals surface area contributed by atoms with Gasteiger partial charge in [-0.1, -0.05) is 71.8 Å². The number of amides is 2. The number of aliphatic hydroxyl groups is 4. The van der Waals surface area contributed by atoms with Gasteiger partial charge in [-0.25, -0.2) is 9.59 Å². The number of carbonyl (C=O) groups is 4. The molecule has 88 heavy (non-hydrogen) atoms. The second-order valence-electron chi connectivity index (χ2n) is 24.9. The zero-order valence-corrected chi connectivity index (χ0v) is 52.3. The molecule has 0 radical (unpaired) electrons. The van der Waals surface area contributed by atoms with Crippen LogP contribution in [0.3, 0.4) is 0 Å². The standard InChI is InChI=1S/2C35H43ClN2O6/c2*1-4-6-16-37-32(40)19-35(42,33(41)43-3)25-10-14-31-29(18-25)38(20-24-9-12-27(24)30(39)5-2)21-34(22-44-31)15-7-8-23-17-26(36)11-13-28(23)34/h2*4-5,10-11,13-14,17-18,24,27,30,39,42H,1-2,6-9,12,15-16,19-22H2,3H3,(H,37,40)/t24-,27+,30-,34-,35+;24-,27+,30-,34-,35-/m00/s1. The summed E-state index contributed by atoms with van der Waals surface area (Å²) in [6.45, 7) is 19.1. The molecule has 10 atom stereocenters. The molecule has 16 nitrogen and oxygen atoms in total. The van der Waals surface area contributed by atoms with Crippen molar-refractivity contribution in [3.63, 3.8) is 0 Å². The first kappa shape index (κ1) is 65.8. The molecular formula is C70H86Cl2N4O12. The van der Waals surface area contributed by atoms with Crippen LogP contribution in [0.15, 0.2) is 123 Å². The predicted molar refractivity (Wildman–Crippen MR) is 342 cm³/mol. The molecule has 0 bridgehead atoms. The summed E-state index contributed by atoms with van der Waals surface area (Å²) < 4.78 is 23.1. The molecule has 0 unspecified atom stereocenters. The summed E-state index contributed by atoms with van der Waals surface area (Å²) in [6.07, 6.45) is 15.1. The van der Waals surface area contributed by atoms with Crippen molar-refractivity contribution in [3.05, 3.63) is 167 Å². The van der Waals surface area contributed by atoms with Crippen molar-refractivity contribution >= 4 is 58.3 Å². The topological polar surface area (TPSA) is 217 Å². The summed E-state index contributed by atoms with van der Waals surface area (Å²) >= 11 is 12.8. The SMILES string of the molecule is C=CCCNC(=O)C[C@@](O)(C(=O)OC)c1ccc2c(c1)N(C[C@@H]1CC[C@H]1[C@@H](O)C=C)C[C@@]1(CCCc3cc(Cl)ccc31)CO2.C=CCCNC(=O)C[C@](O)(C(=O)OC)c1ccc2c(c1)N(C[C@@H]1CC[C@H]1[C@@H](O)C=C)C[C@@]1(CCCc3cc(Cl)ccc31)CO2. The third-order valence-electron chi connectivity index (χ3n) is 19.5. The van der Waals surface area contributed by atoms with E-state index in [4.69, 9.17) is 42.1 Å². The van der Waals surface area contributed by atoms with E-state index in [1.165, 1.54) is 36.5 Å². The lowest BCUT2D eigenvalue weighted by atomic mass is 9.68. The number of carbonyl (C=O) groups excluding carboxylic acids is 4. The van der Waals surface area contributed by atoms with E-state index >= 15 is 0 Å². The summed E-state index contributed by atoms with van der Waals surface area (Å²) in [5.74, 6) is -0.878. The van der Waals surface area contributed by atoms with Gasteiger partial charge in [-0.05, 0) is 183 Å². The monoisotopic (exact) mass is 1240 g/mol. The molecule has 2 fully saturated rings. The fourth-order valence-electron chi connectivity index (χ4n) is 14.3. The summed E-state index contributed by atoms with van der Waals surface area (Å²) in [5.41, 5.74) is 1.84. The fourth-order valence-corrected chi connectivity index (χ4v) is 14.7. The van der Waals surface area contributed by atoms with Crippen molar-refractivity contribution in [3.8, 4) is 11.5 Å². The Hall–Kier alpha value is -6.66. The zero-order chi connectivity index (χ0) is 63.0. The first-order valence-electron chi connectivity index (χ1n) is 30.9. The average molecular weight is 1250 g/mol. The Morgan fingerprint density at radius 1 is 0.636 bits per heavy atom. The number of nitrogens with one attached hydrogen (secondary N) is 2. The van der Waals surface area contributed by atoms with Crippen LogP contribution in [0.4, 0.5) is 11.4 Å². The number of ether oxygens (including phenoxy) is 4. The molecule has 6 aliphatic rings. The van der Waals surface area contributed by atoms with E-state index < -0.39 is 60.0 Å². The Morgan fingerprint density at radius 3 is 1.40 bits per heavy atom. The zero-order valence-electron chi connectivity index (χ0n) is 50.8. The molecule has 2 amide bonds. The average Bonchev–Trinajstić information content (AvgIpc) is 1.68. The second-order valence-corrected chi connectivity index (χ2v) is 25.8. The Kier molecular flexibility index (Phi) is 21.3. The Balaban J connectivity index is 0.000000209. The van der Waals surface area contributed by atoms with Crippen LogP contribution >= 0.6 is 23.2 Å². The third kappa shape index (κ3) is 13.9. The summed E-state index contributed by atoms with van der Waals surface area (Å²) in [4.78, 5) is 56.3. The van der Waals surface area contributed by atoms with Crippen molar-refractivity contribution in [1.82, 2.24) is 10.6 Å². The highest BCUT2D eigenvalue weighted by atomic mass is 35.5. The van der Waals surface area contributed by atoms with Crippen molar-refractivity contribution in [2.75, 3.05) is 76.5 Å². The molecule has 2 spiro atoms. The minimum atomic E-state index is -2.20. The minimum Gasteiger partial charge on any atom is -0.490 e. The fraction of sp³-hybridized carbons (Fsp3) is 0.486. The van der Waals surface area contributed by atoms with Crippen molar-refractivity contribution < 1.29 is 58.6 Å². The van der Waals surface area contributed by atoms with Crippen LogP contribution < -0.4 is 29.9 Å². The van der Waals surface area contributed by atoms with E-state index in [1.54, 1.807) is 60.7 Å². The number of rotatable bonds is 22. The number of esters is 2. The quantitative estimate of drug-likeness (QED) is 0.0246. The van der Waals surface area contributed by atoms with E-state index in [9.17, 15) is 39.6 Å². The first-order chi connectivity index (χ1) is 42.3. The van der Waals surface area contributed by atoms with Crippen molar-refractivity contribution in [1.29, 1.82) is 0 Å². The maximum Gasteiger partial charge on any atom is 0.343 e. The smallest absolute Gasteiger partial charge is 0.343 e. The third-order valence-corrected chi connectivity index (χ3v) is 19.9. The molecule has 4 aromatic carbocycles. The lowest BCUT2D eigenvalue weighted by Gasteiger charge is -2.45. The molecule has 472 valence electrons. The van der Waals surface area contributed by atoms with E-state index in [1.807, 2.05) is 12.1 Å². The summed E-state index contributed by atoms with van der Waals surface area (Å²) in [5, 5.41) is 51.6. The molecular weight excluding hydrogens is 1160 g/mol. The maximum absolute atomic E-state index is 13.0. The minimum absolute atomic E-state index is 0.1000. The molecule has 0 aromatic heterocycles. The van der Waals surface area contributed by atoms with Gasteiger partial charge < -0.3 is 59.8 Å². The van der Waals surface area contributed by atoms with Gasteiger partial charge in [-0.15, -0.1) is 26.3 Å². The van der Waals surface area contributed by atoms with Crippen LogP contribution in [0.1, 0.15) is 110 Å². The lowest BCUT2D eigenvalue weighted by molar-refractivity contribution is -0.166. The maximum atomic E-state index is 13.0. The van der Waals surface area contributed by atoms with Crippen molar-refractivity contribution in [2.45, 2.75) is 124 Å². The molecule has 0 saturated heterocycles. The normalized spacial score (nSPS) is 24.3. The molecule has 4 aromatic rings. The highest BCUT2D eigenvalue weighted by Gasteiger charge is 2.49. The van der Waals surface area contributed by atoms with Gasteiger partial charge in [0.25, 0.3) is 0 Å². The van der Waals surface area contributed by atoms with Crippen molar-refractivity contribution in [2.24, 2.45) is 23.7 Å². The Bertz CT molecular complexity index is 3040.